The Balaban J connectivity index is 1.57. The zero-order valence-electron chi connectivity index (χ0n) is 13.4. The second-order valence-corrected chi connectivity index (χ2v) is 7.44. The minimum Gasteiger partial charge on any atom is -0.450 e. The molecule has 2 aliphatic carbocycles. The van der Waals surface area contributed by atoms with E-state index in [1.54, 1.807) is 0 Å². The first-order valence-corrected chi connectivity index (χ1v) is 9.12. The summed E-state index contributed by atoms with van der Waals surface area (Å²) in [4.78, 5) is 17.7. The highest BCUT2D eigenvalue weighted by Crippen LogP contribution is 2.35. The van der Waals surface area contributed by atoms with E-state index in [4.69, 9.17) is 4.74 Å². The van der Waals surface area contributed by atoms with Crippen molar-refractivity contribution < 1.29 is 9.53 Å². The SMILES string of the molecule is CCOC(=O)N[C@H](CN[C@H]1CCCc2nc(C)sc21)C1CC1. The van der Waals surface area contributed by atoms with Crippen molar-refractivity contribution >= 4 is 17.4 Å². The Hall–Kier alpha value is -1.14. The molecule has 3 rings (SSSR count). The topological polar surface area (TPSA) is 63.2 Å². The monoisotopic (exact) mass is 323 g/mol. The van der Waals surface area contributed by atoms with Crippen LogP contribution in [0.5, 0.6) is 0 Å². The van der Waals surface area contributed by atoms with Crippen molar-refractivity contribution in [1.29, 1.82) is 0 Å². The van der Waals surface area contributed by atoms with Gasteiger partial charge in [-0.05, 0) is 51.9 Å². The maximum atomic E-state index is 11.7. The molecule has 1 aromatic heterocycles. The molecule has 1 fully saturated rings. The van der Waals surface area contributed by atoms with E-state index in [0.29, 0.717) is 18.6 Å². The number of nitrogens with one attached hydrogen (secondary N) is 2. The molecule has 1 amide bonds. The summed E-state index contributed by atoms with van der Waals surface area (Å²) in [5.41, 5.74) is 1.27. The van der Waals surface area contributed by atoms with Crippen molar-refractivity contribution in [2.24, 2.45) is 5.92 Å². The molecule has 0 saturated heterocycles. The highest BCUT2D eigenvalue weighted by Gasteiger charge is 2.33. The molecular formula is C16H25N3O2S. The second kappa shape index (κ2) is 6.96. The van der Waals surface area contributed by atoms with Crippen LogP contribution >= 0.6 is 11.3 Å². The number of hydrogen-bond acceptors (Lipinski definition) is 5. The van der Waals surface area contributed by atoms with E-state index < -0.39 is 0 Å². The normalized spacial score (nSPS) is 22.0. The van der Waals surface area contributed by atoms with Gasteiger partial charge in [0.05, 0.1) is 17.3 Å². The van der Waals surface area contributed by atoms with E-state index in [-0.39, 0.29) is 12.1 Å². The maximum Gasteiger partial charge on any atom is 0.407 e. The molecule has 0 radical (unpaired) electrons. The van der Waals surface area contributed by atoms with Crippen LogP contribution in [-0.4, -0.2) is 30.3 Å². The molecule has 2 aliphatic rings. The molecule has 0 spiro atoms. The first-order valence-electron chi connectivity index (χ1n) is 8.30. The highest BCUT2D eigenvalue weighted by molar-refractivity contribution is 7.11. The lowest BCUT2D eigenvalue weighted by molar-refractivity contribution is 0.146. The molecule has 5 nitrogen and oxygen atoms in total. The van der Waals surface area contributed by atoms with Gasteiger partial charge in [0.2, 0.25) is 0 Å². The Morgan fingerprint density at radius 1 is 1.45 bits per heavy atom. The van der Waals surface area contributed by atoms with Crippen LogP contribution in [0, 0.1) is 12.8 Å². The molecule has 2 atom stereocenters. The van der Waals surface area contributed by atoms with Crippen LogP contribution in [0.2, 0.25) is 0 Å². The molecule has 1 heterocycles. The first-order chi connectivity index (χ1) is 10.7. The van der Waals surface area contributed by atoms with Crippen molar-refractivity contribution in [2.45, 2.75) is 58.0 Å². The van der Waals surface area contributed by atoms with Crippen LogP contribution in [-0.2, 0) is 11.2 Å². The van der Waals surface area contributed by atoms with Crippen LogP contribution in [0.25, 0.3) is 0 Å². The molecule has 0 unspecified atom stereocenters. The van der Waals surface area contributed by atoms with Gasteiger partial charge in [-0.2, -0.15) is 0 Å². The fourth-order valence-corrected chi connectivity index (χ4v) is 4.25. The molecule has 0 bridgehead atoms. The van der Waals surface area contributed by atoms with E-state index in [2.05, 4.69) is 22.5 Å². The standard InChI is InChI=1S/C16H25N3O2S/c1-3-21-16(20)19-14(11-7-8-11)9-17-12-5-4-6-13-15(12)22-10(2)18-13/h11-12,14,17H,3-9H2,1-2H3,(H,19,20)/t12-,14+/m0/s1. The minimum absolute atomic E-state index is 0.179. The molecule has 1 aromatic rings. The van der Waals surface area contributed by atoms with Gasteiger partial charge in [0.15, 0.2) is 0 Å². The molecule has 0 aliphatic heterocycles. The Labute approximate surface area is 135 Å². The summed E-state index contributed by atoms with van der Waals surface area (Å²) in [6, 6.07) is 0.568. The van der Waals surface area contributed by atoms with E-state index in [0.717, 1.165) is 24.4 Å². The number of alkyl carbamates (subject to hydrolysis) is 1. The van der Waals surface area contributed by atoms with Gasteiger partial charge in [0, 0.05) is 23.5 Å². The molecule has 2 N–H and O–H groups in total. The van der Waals surface area contributed by atoms with Crippen LogP contribution in [0.15, 0.2) is 0 Å². The molecular weight excluding hydrogens is 298 g/mol. The highest BCUT2D eigenvalue weighted by atomic mass is 32.1. The van der Waals surface area contributed by atoms with Gasteiger partial charge in [-0.1, -0.05) is 0 Å². The summed E-state index contributed by atoms with van der Waals surface area (Å²) >= 11 is 1.81. The van der Waals surface area contributed by atoms with Crippen LogP contribution in [0.3, 0.4) is 0 Å². The number of rotatable bonds is 6. The summed E-state index contributed by atoms with van der Waals surface area (Å²) in [7, 11) is 0. The molecule has 122 valence electrons. The third-order valence-corrected chi connectivity index (χ3v) is 5.54. The number of hydrogen-bond donors (Lipinski definition) is 2. The van der Waals surface area contributed by atoms with Gasteiger partial charge in [-0.3, -0.25) is 0 Å². The fourth-order valence-electron chi connectivity index (χ4n) is 3.16. The first kappa shape index (κ1) is 15.7. The lowest BCUT2D eigenvalue weighted by atomic mass is 9.97. The third-order valence-electron chi connectivity index (χ3n) is 4.41. The smallest absolute Gasteiger partial charge is 0.407 e. The van der Waals surface area contributed by atoms with Crippen molar-refractivity contribution in [3.63, 3.8) is 0 Å². The summed E-state index contributed by atoms with van der Waals surface area (Å²) in [6.07, 6.45) is 5.56. The Bertz CT molecular complexity index is 527. The van der Waals surface area contributed by atoms with Crippen molar-refractivity contribution in [2.75, 3.05) is 13.2 Å². The molecule has 22 heavy (non-hydrogen) atoms. The zero-order valence-corrected chi connectivity index (χ0v) is 14.2. The quantitative estimate of drug-likeness (QED) is 0.845. The van der Waals surface area contributed by atoms with Gasteiger partial charge < -0.3 is 15.4 Å². The number of amides is 1. The molecule has 0 aromatic carbocycles. The third kappa shape index (κ3) is 3.79. The minimum atomic E-state index is -0.292. The lowest BCUT2D eigenvalue weighted by Gasteiger charge is -2.26. The Morgan fingerprint density at radius 3 is 3.00 bits per heavy atom. The summed E-state index contributed by atoms with van der Waals surface area (Å²) in [5, 5.41) is 7.83. The average molecular weight is 323 g/mol. The number of aromatic nitrogens is 1. The number of thiazole rings is 1. The van der Waals surface area contributed by atoms with E-state index in [9.17, 15) is 4.79 Å². The zero-order chi connectivity index (χ0) is 15.5. The predicted octanol–water partition coefficient (Wildman–Crippen LogP) is 2.94. The molecule has 6 heteroatoms. The Morgan fingerprint density at radius 2 is 2.27 bits per heavy atom. The van der Waals surface area contributed by atoms with Crippen molar-refractivity contribution in [3.05, 3.63) is 15.6 Å². The Kier molecular flexibility index (Phi) is 4.98. The second-order valence-electron chi connectivity index (χ2n) is 6.21. The van der Waals surface area contributed by atoms with Crippen molar-refractivity contribution in [1.82, 2.24) is 15.6 Å². The largest absolute Gasteiger partial charge is 0.450 e. The van der Waals surface area contributed by atoms with Gasteiger partial charge in [0.25, 0.3) is 0 Å². The summed E-state index contributed by atoms with van der Waals surface area (Å²) in [6.45, 7) is 5.14. The van der Waals surface area contributed by atoms with Crippen LogP contribution < -0.4 is 10.6 Å². The lowest BCUT2D eigenvalue weighted by Crippen LogP contribution is -2.44. The fraction of sp³-hybridized carbons (Fsp3) is 0.750. The van der Waals surface area contributed by atoms with Crippen molar-refractivity contribution in [3.8, 4) is 0 Å². The average Bonchev–Trinajstić information content (AvgIpc) is 3.25. The number of aryl methyl sites for hydroxylation is 2. The van der Waals surface area contributed by atoms with Gasteiger partial charge in [-0.15, -0.1) is 11.3 Å². The van der Waals surface area contributed by atoms with Gasteiger partial charge in [-0.25, -0.2) is 9.78 Å². The van der Waals surface area contributed by atoms with E-state index in [1.165, 1.54) is 29.8 Å². The number of carbonyl (C=O) groups excluding carboxylic acids is 1. The van der Waals surface area contributed by atoms with E-state index >= 15 is 0 Å². The predicted molar refractivity (Wildman–Crippen MR) is 87.2 cm³/mol. The van der Waals surface area contributed by atoms with E-state index in [1.807, 2.05) is 18.3 Å². The number of nitrogens with zero attached hydrogens (tertiary/aromatic N) is 1. The number of carbonyl (C=O) groups is 1. The van der Waals surface area contributed by atoms with Crippen LogP contribution in [0.1, 0.15) is 54.2 Å². The number of fused-ring (bicyclic) bond motifs is 1. The number of ether oxygens (including phenoxy) is 1. The van der Waals surface area contributed by atoms with Gasteiger partial charge in [0.1, 0.15) is 0 Å². The molecule has 1 saturated carbocycles. The summed E-state index contributed by atoms with van der Waals surface area (Å²) < 4.78 is 5.02. The summed E-state index contributed by atoms with van der Waals surface area (Å²) in [5.74, 6) is 0.600. The maximum absolute atomic E-state index is 11.7. The van der Waals surface area contributed by atoms with Gasteiger partial charge >= 0.3 is 6.09 Å². The van der Waals surface area contributed by atoms with Crippen LogP contribution in [0.4, 0.5) is 4.79 Å².